The molecule has 24 heavy (non-hydrogen) atoms. The fourth-order valence-electron chi connectivity index (χ4n) is 2.97. The van der Waals surface area contributed by atoms with E-state index in [0.717, 1.165) is 30.0 Å². The molecule has 0 saturated heterocycles. The van der Waals surface area contributed by atoms with Gasteiger partial charge in [-0.05, 0) is 40.7 Å². The SMILES string of the molecule is CCC(C)CC(C(=O)Oc1ccc2ccccc2c1)C(C)(C)CC. The van der Waals surface area contributed by atoms with E-state index in [1.54, 1.807) is 0 Å². The third-order valence-corrected chi connectivity index (χ3v) is 5.41. The van der Waals surface area contributed by atoms with Gasteiger partial charge in [-0.2, -0.15) is 0 Å². The van der Waals surface area contributed by atoms with E-state index in [2.05, 4.69) is 40.7 Å². The smallest absolute Gasteiger partial charge is 0.314 e. The van der Waals surface area contributed by atoms with E-state index in [0.29, 0.717) is 11.7 Å². The lowest BCUT2D eigenvalue weighted by Crippen LogP contribution is -2.35. The maximum atomic E-state index is 12.9. The molecule has 2 heteroatoms. The molecule has 2 rings (SSSR count). The molecule has 0 spiro atoms. The summed E-state index contributed by atoms with van der Waals surface area (Å²) in [4.78, 5) is 12.9. The molecule has 0 amide bonds. The van der Waals surface area contributed by atoms with Gasteiger partial charge in [0.15, 0.2) is 0 Å². The van der Waals surface area contributed by atoms with Gasteiger partial charge in [-0.15, -0.1) is 0 Å². The molecule has 2 aromatic carbocycles. The van der Waals surface area contributed by atoms with Gasteiger partial charge in [-0.1, -0.05) is 77.8 Å². The summed E-state index contributed by atoms with van der Waals surface area (Å²) in [6.45, 7) is 10.9. The second kappa shape index (κ2) is 7.83. The third-order valence-electron chi connectivity index (χ3n) is 5.41. The summed E-state index contributed by atoms with van der Waals surface area (Å²) in [6.07, 6.45) is 2.92. The Morgan fingerprint density at radius 1 is 1.08 bits per heavy atom. The van der Waals surface area contributed by atoms with Crippen molar-refractivity contribution < 1.29 is 9.53 Å². The molecule has 2 aromatic rings. The molecule has 0 aliphatic rings. The number of hydrogen-bond acceptors (Lipinski definition) is 2. The molecular formula is C22H30O2. The Kier molecular flexibility index (Phi) is 6.04. The van der Waals surface area contributed by atoms with Crippen LogP contribution in [0.4, 0.5) is 0 Å². The molecular weight excluding hydrogens is 296 g/mol. The van der Waals surface area contributed by atoms with E-state index in [1.807, 2.05) is 36.4 Å². The molecule has 2 nitrogen and oxygen atoms in total. The Bertz CT molecular complexity index is 687. The Hall–Kier alpha value is -1.83. The normalized spacial score (nSPS) is 14.4. The molecule has 0 fully saturated rings. The number of ether oxygens (including phenoxy) is 1. The molecule has 130 valence electrons. The summed E-state index contributed by atoms with van der Waals surface area (Å²) in [6, 6.07) is 14.0. The summed E-state index contributed by atoms with van der Waals surface area (Å²) < 4.78 is 5.78. The van der Waals surface area contributed by atoms with E-state index in [4.69, 9.17) is 4.74 Å². The molecule has 0 bridgehead atoms. The second-order valence-corrected chi connectivity index (χ2v) is 7.57. The number of carbonyl (C=O) groups is 1. The van der Waals surface area contributed by atoms with E-state index in [1.165, 1.54) is 0 Å². The van der Waals surface area contributed by atoms with Crippen LogP contribution in [0.25, 0.3) is 10.8 Å². The molecule has 0 aromatic heterocycles. The summed E-state index contributed by atoms with van der Waals surface area (Å²) in [5.74, 6) is 0.978. The number of carbonyl (C=O) groups excluding carboxylic acids is 1. The summed E-state index contributed by atoms with van der Waals surface area (Å²) >= 11 is 0. The van der Waals surface area contributed by atoms with Crippen molar-refractivity contribution in [3.63, 3.8) is 0 Å². The largest absolute Gasteiger partial charge is 0.426 e. The third kappa shape index (κ3) is 4.37. The molecule has 0 heterocycles. The fourth-order valence-corrected chi connectivity index (χ4v) is 2.97. The first-order chi connectivity index (χ1) is 11.4. The van der Waals surface area contributed by atoms with Crippen LogP contribution in [-0.4, -0.2) is 5.97 Å². The van der Waals surface area contributed by atoms with Crippen LogP contribution in [-0.2, 0) is 4.79 Å². The van der Waals surface area contributed by atoms with E-state index >= 15 is 0 Å². The summed E-state index contributed by atoms with van der Waals surface area (Å²) in [5, 5.41) is 2.25. The van der Waals surface area contributed by atoms with E-state index in [9.17, 15) is 4.79 Å². The first kappa shape index (κ1) is 18.5. The van der Waals surface area contributed by atoms with Crippen LogP contribution < -0.4 is 4.74 Å². The van der Waals surface area contributed by atoms with Crippen molar-refractivity contribution in [1.82, 2.24) is 0 Å². The molecule has 0 saturated carbocycles. The Morgan fingerprint density at radius 2 is 1.75 bits per heavy atom. The van der Waals surface area contributed by atoms with Gasteiger partial charge in [0, 0.05) is 0 Å². The highest BCUT2D eigenvalue weighted by Crippen LogP contribution is 2.37. The standard InChI is InChI=1S/C22H30O2/c1-6-16(3)14-20(22(4,5)7-2)21(23)24-19-13-12-17-10-8-9-11-18(17)15-19/h8-13,15-16,20H,6-7,14H2,1-5H3. The topological polar surface area (TPSA) is 26.3 Å². The lowest BCUT2D eigenvalue weighted by molar-refractivity contribution is -0.144. The number of rotatable bonds is 7. The molecule has 0 radical (unpaired) electrons. The zero-order valence-corrected chi connectivity index (χ0v) is 15.6. The first-order valence-corrected chi connectivity index (χ1v) is 9.07. The van der Waals surface area contributed by atoms with Gasteiger partial charge in [0.2, 0.25) is 0 Å². The zero-order valence-electron chi connectivity index (χ0n) is 15.6. The number of benzene rings is 2. The minimum absolute atomic E-state index is 0.0582. The van der Waals surface area contributed by atoms with Crippen molar-refractivity contribution in [2.75, 3.05) is 0 Å². The van der Waals surface area contributed by atoms with Crippen LogP contribution >= 0.6 is 0 Å². The van der Waals surface area contributed by atoms with Crippen molar-refractivity contribution in [1.29, 1.82) is 0 Å². The highest BCUT2D eigenvalue weighted by atomic mass is 16.5. The van der Waals surface area contributed by atoms with Crippen molar-refractivity contribution in [3.8, 4) is 5.75 Å². The van der Waals surface area contributed by atoms with Gasteiger partial charge in [-0.25, -0.2) is 0 Å². The molecule has 0 aliphatic heterocycles. The highest BCUT2D eigenvalue weighted by Gasteiger charge is 2.36. The molecule has 0 aliphatic carbocycles. The van der Waals surface area contributed by atoms with Gasteiger partial charge in [0.05, 0.1) is 5.92 Å². The average molecular weight is 326 g/mol. The molecule has 2 unspecified atom stereocenters. The van der Waals surface area contributed by atoms with Gasteiger partial charge in [0.25, 0.3) is 0 Å². The highest BCUT2D eigenvalue weighted by molar-refractivity contribution is 5.85. The van der Waals surface area contributed by atoms with Crippen LogP contribution in [0, 0.1) is 17.3 Å². The maximum absolute atomic E-state index is 12.9. The monoisotopic (exact) mass is 326 g/mol. The first-order valence-electron chi connectivity index (χ1n) is 9.07. The van der Waals surface area contributed by atoms with Crippen molar-refractivity contribution >= 4 is 16.7 Å². The van der Waals surface area contributed by atoms with Crippen LogP contribution in [0.3, 0.4) is 0 Å². The zero-order chi connectivity index (χ0) is 17.7. The average Bonchev–Trinajstić information content (AvgIpc) is 2.58. The molecule has 2 atom stereocenters. The van der Waals surface area contributed by atoms with Crippen LogP contribution in [0.2, 0.25) is 0 Å². The minimum Gasteiger partial charge on any atom is -0.426 e. The molecule has 0 N–H and O–H groups in total. The summed E-state index contributed by atoms with van der Waals surface area (Å²) in [7, 11) is 0. The van der Waals surface area contributed by atoms with Gasteiger partial charge < -0.3 is 4.74 Å². The summed E-state index contributed by atoms with van der Waals surface area (Å²) in [5.41, 5.74) is -0.0582. The Labute approximate surface area is 146 Å². The van der Waals surface area contributed by atoms with E-state index in [-0.39, 0.29) is 17.3 Å². The number of esters is 1. The Morgan fingerprint density at radius 3 is 2.38 bits per heavy atom. The lowest BCUT2D eigenvalue weighted by Gasteiger charge is -2.33. The fraction of sp³-hybridized carbons (Fsp3) is 0.500. The second-order valence-electron chi connectivity index (χ2n) is 7.57. The van der Waals surface area contributed by atoms with Crippen molar-refractivity contribution in [2.45, 2.75) is 53.9 Å². The van der Waals surface area contributed by atoms with Crippen molar-refractivity contribution in [2.24, 2.45) is 17.3 Å². The van der Waals surface area contributed by atoms with Gasteiger partial charge >= 0.3 is 5.97 Å². The van der Waals surface area contributed by atoms with Crippen LogP contribution in [0.15, 0.2) is 42.5 Å². The van der Waals surface area contributed by atoms with Crippen LogP contribution in [0.5, 0.6) is 5.75 Å². The minimum atomic E-state index is -0.0996. The number of hydrogen-bond donors (Lipinski definition) is 0. The van der Waals surface area contributed by atoms with Gasteiger partial charge in [0.1, 0.15) is 5.75 Å². The van der Waals surface area contributed by atoms with Crippen LogP contribution in [0.1, 0.15) is 53.9 Å². The van der Waals surface area contributed by atoms with Gasteiger partial charge in [-0.3, -0.25) is 4.79 Å². The predicted molar refractivity (Wildman–Crippen MR) is 101 cm³/mol. The maximum Gasteiger partial charge on any atom is 0.314 e. The lowest BCUT2D eigenvalue weighted by atomic mass is 9.72. The quantitative estimate of drug-likeness (QED) is 0.445. The number of fused-ring (bicyclic) bond motifs is 1. The van der Waals surface area contributed by atoms with Crippen molar-refractivity contribution in [3.05, 3.63) is 42.5 Å². The predicted octanol–water partition coefficient (Wildman–Crippen LogP) is 6.23. The van der Waals surface area contributed by atoms with E-state index < -0.39 is 0 Å². The Balaban J connectivity index is 2.21.